The lowest BCUT2D eigenvalue weighted by atomic mass is 10.2. The van der Waals surface area contributed by atoms with Crippen LogP contribution in [0.3, 0.4) is 0 Å². The van der Waals surface area contributed by atoms with Gasteiger partial charge in [0, 0.05) is 6.04 Å². The average molecular weight is 218 g/mol. The van der Waals surface area contributed by atoms with Crippen LogP contribution < -0.4 is 5.69 Å². The Hall–Kier alpha value is -1.71. The van der Waals surface area contributed by atoms with Crippen molar-refractivity contribution in [2.45, 2.75) is 31.7 Å². The molecule has 1 fully saturated rings. The highest BCUT2D eigenvalue weighted by Gasteiger charge is 2.22. The summed E-state index contributed by atoms with van der Waals surface area (Å²) < 4.78 is 1.72. The van der Waals surface area contributed by atoms with Gasteiger partial charge in [0.1, 0.15) is 11.3 Å². The number of aromatic hydroxyl groups is 1. The summed E-state index contributed by atoms with van der Waals surface area (Å²) >= 11 is 0. The molecule has 0 saturated heterocycles. The quantitative estimate of drug-likeness (QED) is 0.770. The molecule has 0 atom stereocenters. The SMILES string of the molecule is O=c1[nH]c2cccc(O)c2n1C1CCCC1. The third-order valence-electron chi connectivity index (χ3n) is 3.41. The first kappa shape index (κ1) is 9.51. The zero-order valence-corrected chi connectivity index (χ0v) is 8.94. The molecule has 84 valence electrons. The molecule has 4 nitrogen and oxygen atoms in total. The molecule has 0 aliphatic heterocycles. The Bertz CT molecular complexity index is 576. The molecular weight excluding hydrogens is 204 g/mol. The zero-order chi connectivity index (χ0) is 11.1. The number of hydrogen-bond donors (Lipinski definition) is 2. The fourth-order valence-corrected chi connectivity index (χ4v) is 2.67. The van der Waals surface area contributed by atoms with Crippen LogP contribution in [0.4, 0.5) is 0 Å². The van der Waals surface area contributed by atoms with Gasteiger partial charge in [0.15, 0.2) is 0 Å². The van der Waals surface area contributed by atoms with Crippen molar-refractivity contribution in [3.05, 3.63) is 28.7 Å². The monoisotopic (exact) mass is 218 g/mol. The predicted octanol–water partition coefficient (Wildman–Crippen LogP) is 2.15. The van der Waals surface area contributed by atoms with E-state index < -0.39 is 0 Å². The summed E-state index contributed by atoms with van der Waals surface area (Å²) in [7, 11) is 0. The van der Waals surface area contributed by atoms with E-state index >= 15 is 0 Å². The number of imidazole rings is 1. The minimum atomic E-state index is -0.108. The molecular formula is C12H14N2O2. The van der Waals surface area contributed by atoms with Gasteiger partial charge in [-0.1, -0.05) is 18.9 Å². The van der Waals surface area contributed by atoms with Gasteiger partial charge in [-0.25, -0.2) is 4.79 Å². The predicted molar refractivity (Wildman–Crippen MR) is 61.7 cm³/mol. The maximum Gasteiger partial charge on any atom is 0.326 e. The molecule has 4 heteroatoms. The van der Waals surface area contributed by atoms with E-state index in [4.69, 9.17) is 0 Å². The van der Waals surface area contributed by atoms with Gasteiger partial charge in [-0.15, -0.1) is 0 Å². The van der Waals surface area contributed by atoms with Gasteiger partial charge in [-0.2, -0.15) is 0 Å². The van der Waals surface area contributed by atoms with Crippen molar-refractivity contribution >= 4 is 11.0 Å². The molecule has 2 aromatic rings. The highest BCUT2D eigenvalue weighted by molar-refractivity contribution is 5.81. The van der Waals surface area contributed by atoms with Crippen molar-refractivity contribution in [3.8, 4) is 5.75 Å². The summed E-state index contributed by atoms with van der Waals surface area (Å²) in [4.78, 5) is 14.7. The second-order valence-electron chi connectivity index (χ2n) is 4.41. The van der Waals surface area contributed by atoms with E-state index in [9.17, 15) is 9.90 Å². The molecule has 1 aliphatic carbocycles. The first-order chi connectivity index (χ1) is 7.77. The Balaban J connectivity index is 2.29. The Morgan fingerprint density at radius 1 is 1.31 bits per heavy atom. The minimum absolute atomic E-state index is 0.108. The number of benzene rings is 1. The maximum atomic E-state index is 11.9. The first-order valence-corrected chi connectivity index (χ1v) is 5.69. The van der Waals surface area contributed by atoms with Crippen LogP contribution in [0.2, 0.25) is 0 Å². The van der Waals surface area contributed by atoms with Crippen molar-refractivity contribution in [1.29, 1.82) is 0 Å². The van der Waals surface area contributed by atoms with E-state index in [1.54, 1.807) is 16.7 Å². The topological polar surface area (TPSA) is 58.0 Å². The molecule has 0 spiro atoms. The standard InChI is InChI=1S/C12H14N2O2/c15-10-7-3-6-9-11(10)14(12(16)13-9)8-4-1-2-5-8/h3,6-8,15H,1-2,4-5H2,(H,13,16). The number of nitrogens with one attached hydrogen (secondary N) is 1. The Labute approximate surface area is 92.5 Å². The summed E-state index contributed by atoms with van der Waals surface area (Å²) in [5.41, 5.74) is 1.26. The van der Waals surface area contributed by atoms with Crippen molar-refractivity contribution in [2.24, 2.45) is 0 Å². The number of aromatic amines is 1. The van der Waals surface area contributed by atoms with Crippen LogP contribution in [-0.2, 0) is 0 Å². The van der Waals surface area contributed by atoms with Gasteiger partial charge in [-0.3, -0.25) is 4.57 Å². The van der Waals surface area contributed by atoms with Crippen LogP contribution in [0.1, 0.15) is 31.7 Å². The molecule has 1 heterocycles. The summed E-state index contributed by atoms with van der Waals surface area (Å²) in [6, 6.07) is 5.43. The number of hydrogen-bond acceptors (Lipinski definition) is 2. The van der Waals surface area contributed by atoms with Crippen LogP contribution in [0.15, 0.2) is 23.0 Å². The average Bonchev–Trinajstić information content (AvgIpc) is 2.84. The Morgan fingerprint density at radius 2 is 2.06 bits per heavy atom. The third-order valence-corrected chi connectivity index (χ3v) is 3.41. The smallest absolute Gasteiger partial charge is 0.326 e. The number of nitrogens with zero attached hydrogens (tertiary/aromatic N) is 1. The minimum Gasteiger partial charge on any atom is -0.506 e. The molecule has 2 N–H and O–H groups in total. The number of phenolic OH excluding ortho intramolecular Hbond substituents is 1. The van der Waals surface area contributed by atoms with Crippen molar-refractivity contribution in [2.75, 3.05) is 0 Å². The fourth-order valence-electron chi connectivity index (χ4n) is 2.67. The molecule has 1 aromatic carbocycles. The highest BCUT2D eigenvalue weighted by atomic mass is 16.3. The first-order valence-electron chi connectivity index (χ1n) is 5.69. The summed E-state index contributed by atoms with van der Waals surface area (Å²) in [5.74, 6) is 0.183. The van der Waals surface area contributed by atoms with Gasteiger partial charge in [-0.05, 0) is 25.0 Å². The third kappa shape index (κ3) is 1.26. The molecule has 3 rings (SSSR count). The number of phenols is 1. The lowest BCUT2D eigenvalue weighted by Gasteiger charge is -2.11. The molecule has 1 aromatic heterocycles. The fraction of sp³-hybridized carbons (Fsp3) is 0.417. The molecule has 0 radical (unpaired) electrons. The van der Waals surface area contributed by atoms with Crippen LogP contribution in [0, 0.1) is 0 Å². The number of H-pyrrole nitrogens is 1. The van der Waals surface area contributed by atoms with Gasteiger partial charge in [0.25, 0.3) is 0 Å². The van der Waals surface area contributed by atoms with Gasteiger partial charge >= 0.3 is 5.69 Å². The molecule has 1 aliphatic rings. The lowest BCUT2D eigenvalue weighted by molar-refractivity contribution is 0.466. The van der Waals surface area contributed by atoms with E-state index in [1.807, 2.05) is 6.07 Å². The summed E-state index contributed by atoms with van der Waals surface area (Å²) in [6.07, 6.45) is 4.39. The summed E-state index contributed by atoms with van der Waals surface area (Å²) in [5, 5.41) is 9.85. The van der Waals surface area contributed by atoms with Gasteiger partial charge < -0.3 is 10.1 Å². The van der Waals surface area contributed by atoms with Crippen molar-refractivity contribution < 1.29 is 5.11 Å². The second kappa shape index (κ2) is 3.40. The zero-order valence-electron chi connectivity index (χ0n) is 8.94. The number of aromatic nitrogens is 2. The van der Waals surface area contributed by atoms with Crippen LogP contribution in [0.25, 0.3) is 11.0 Å². The molecule has 0 bridgehead atoms. The Morgan fingerprint density at radius 3 is 2.81 bits per heavy atom. The van der Waals surface area contributed by atoms with E-state index in [-0.39, 0.29) is 17.5 Å². The molecule has 1 saturated carbocycles. The molecule has 16 heavy (non-hydrogen) atoms. The van der Waals surface area contributed by atoms with E-state index in [2.05, 4.69) is 4.98 Å². The van der Waals surface area contributed by atoms with E-state index in [0.29, 0.717) is 5.52 Å². The van der Waals surface area contributed by atoms with Crippen LogP contribution >= 0.6 is 0 Å². The number of para-hydroxylation sites is 1. The largest absolute Gasteiger partial charge is 0.506 e. The maximum absolute atomic E-state index is 11.9. The van der Waals surface area contributed by atoms with Gasteiger partial charge in [0.2, 0.25) is 0 Å². The number of rotatable bonds is 1. The van der Waals surface area contributed by atoms with Crippen LogP contribution in [0.5, 0.6) is 5.75 Å². The Kier molecular flexibility index (Phi) is 2.02. The summed E-state index contributed by atoms with van der Waals surface area (Å²) in [6.45, 7) is 0. The number of fused-ring (bicyclic) bond motifs is 1. The van der Waals surface area contributed by atoms with Crippen LogP contribution in [-0.4, -0.2) is 14.7 Å². The van der Waals surface area contributed by atoms with Crippen molar-refractivity contribution in [3.63, 3.8) is 0 Å². The van der Waals surface area contributed by atoms with E-state index in [0.717, 1.165) is 31.2 Å². The van der Waals surface area contributed by atoms with Crippen molar-refractivity contribution in [1.82, 2.24) is 9.55 Å². The normalized spacial score (nSPS) is 17.2. The lowest BCUT2D eigenvalue weighted by Crippen LogP contribution is -2.20. The molecule has 0 unspecified atom stereocenters. The van der Waals surface area contributed by atoms with E-state index in [1.165, 1.54) is 0 Å². The molecule has 0 amide bonds. The van der Waals surface area contributed by atoms with Gasteiger partial charge in [0.05, 0.1) is 5.52 Å². The second-order valence-corrected chi connectivity index (χ2v) is 4.41. The highest BCUT2D eigenvalue weighted by Crippen LogP contribution is 2.33.